The molecule has 2 aromatic heterocycles. The lowest BCUT2D eigenvalue weighted by atomic mass is 10.1. The zero-order chi connectivity index (χ0) is 20.8. The summed E-state index contributed by atoms with van der Waals surface area (Å²) in [6.45, 7) is 2.70. The third-order valence-corrected chi connectivity index (χ3v) is 6.49. The number of nitrogens with two attached hydrogens (primary N) is 1. The van der Waals surface area contributed by atoms with E-state index in [0.29, 0.717) is 23.8 Å². The van der Waals surface area contributed by atoms with Crippen molar-refractivity contribution in [3.63, 3.8) is 0 Å². The van der Waals surface area contributed by atoms with E-state index in [1.165, 1.54) is 0 Å². The number of nitriles is 1. The second-order valence-corrected chi connectivity index (χ2v) is 8.54. The number of aryl methyl sites for hydroxylation is 1. The lowest BCUT2D eigenvalue weighted by molar-refractivity contribution is 0.630. The molecule has 4 aromatic rings. The fourth-order valence-corrected chi connectivity index (χ4v) is 4.60. The topological polar surface area (TPSA) is 80.8 Å². The zero-order valence-corrected chi connectivity index (χ0v) is 18.2. The monoisotopic (exact) mass is 461 g/mol. The molecule has 0 radical (unpaired) electrons. The molecule has 1 aliphatic rings. The van der Waals surface area contributed by atoms with Gasteiger partial charge in [0.2, 0.25) is 0 Å². The highest BCUT2D eigenvalue weighted by Crippen LogP contribution is 2.42. The van der Waals surface area contributed by atoms with Crippen molar-refractivity contribution in [2.75, 3.05) is 5.73 Å². The number of hydrogen-bond acceptors (Lipinski definition) is 4. The van der Waals surface area contributed by atoms with E-state index in [0.717, 1.165) is 63.1 Å². The van der Waals surface area contributed by atoms with E-state index in [2.05, 4.69) is 39.6 Å². The molecular weight excluding hydrogens is 441 g/mol. The highest BCUT2D eigenvalue weighted by molar-refractivity contribution is 9.10. The molecule has 5 nitrogen and oxygen atoms in total. The summed E-state index contributed by atoms with van der Waals surface area (Å²) in [5.74, 6) is 2.15. The van der Waals surface area contributed by atoms with Gasteiger partial charge in [-0.3, -0.25) is 0 Å². The molecule has 0 amide bonds. The number of hydrogen-bond donors (Lipinski definition) is 1. The first-order valence-electron chi connectivity index (χ1n) is 10.2. The van der Waals surface area contributed by atoms with Crippen LogP contribution < -0.4 is 5.73 Å². The molecule has 0 spiro atoms. The lowest BCUT2D eigenvalue weighted by Crippen LogP contribution is -2.07. The Labute approximate surface area is 183 Å². The standard InChI is InChI=1S/C24H21BrN4O/c1-2-21-28-23(15-8-9-15)19(12-26)29(21)13-14-7-10-20-17(11-14)22(25)24(30-20)16-5-3-4-6-18(16)27/h3-7,10-11,15H,2,8-9,13,27H2,1H3/i12+1. The van der Waals surface area contributed by atoms with Crippen LogP contribution in [0.4, 0.5) is 5.69 Å². The first-order valence-corrected chi connectivity index (χ1v) is 10.9. The molecule has 0 bridgehead atoms. The number of imidazole rings is 1. The molecule has 1 saturated carbocycles. The van der Waals surface area contributed by atoms with Crippen molar-refractivity contribution in [2.45, 2.75) is 38.6 Å². The molecule has 6 heteroatoms. The Bertz CT molecular complexity index is 1310. The second kappa shape index (κ2) is 7.33. The Kier molecular flexibility index (Phi) is 4.63. The largest absolute Gasteiger partial charge is 0.455 e. The van der Waals surface area contributed by atoms with Crippen LogP contribution in [0.2, 0.25) is 0 Å². The quantitative estimate of drug-likeness (QED) is 0.291. The van der Waals surface area contributed by atoms with Gasteiger partial charge in [-0.1, -0.05) is 25.1 Å². The van der Waals surface area contributed by atoms with Crippen LogP contribution in [-0.4, -0.2) is 9.55 Å². The molecule has 150 valence electrons. The van der Waals surface area contributed by atoms with Crippen molar-refractivity contribution in [3.8, 4) is 17.4 Å². The molecule has 5 rings (SSSR count). The van der Waals surface area contributed by atoms with E-state index in [4.69, 9.17) is 15.1 Å². The maximum Gasteiger partial charge on any atom is 0.151 e. The second-order valence-electron chi connectivity index (χ2n) is 7.75. The summed E-state index contributed by atoms with van der Waals surface area (Å²) in [7, 11) is 0. The lowest BCUT2D eigenvalue weighted by Gasteiger charge is -2.08. The number of aromatic nitrogens is 2. The number of para-hydroxylation sites is 1. The molecule has 0 unspecified atom stereocenters. The van der Waals surface area contributed by atoms with Crippen LogP contribution in [0.25, 0.3) is 22.3 Å². The molecule has 1 fully saturated rings. The molecule has 0 saturated heterocycles. The third-order valence-electron chi connectivity index (χ3n) is 5.70. The Morgan fingerprint density at radius 2 is 2.07 bits per heavy atom. The van der Waals surface area contributed by atoms with Gasteiger partial charge >= 0.3 is 0 Å². The highest BCUT2D eigenvalue weighted by atomic mass is 79.9. The van der Waals surface area contributed by atoms with Gasteiger partial charge in [-0.05, 0) is 58.6 Å². The van der Waals surface area contributed by atoms with E-state index in [1.54, 1.807) is 0 Å². The van der Waals surface area contributed by atoms with E-state index >= 15 is 0 Å². The average Bonchev–Trinajstić information content (AvgIpc) is 3.47. The predicted molar refractivity (Wildman–Crippen MR) is 121 cm³/mol. The van der Waals surface area contributed by atoms with Gasteiger partial charge in [-0.2, -0.15) is 5.26 Å². The minimum absolute atomic E-state index is 0.454. The van der Waals surface area contributed by atoms with Crippen LogP contribution in [-0.2, 0) is 13.0 Å². The average molecular weight is 462 g/mol. The normalized spacial score (nSPS) is 13.6. The van der Waals surface area contributed by atoms with Gasteiger partial charge in [-0.25, -0.2) is 4.98 Å². The Hall–Kier alpha value is -3.04. The van der Waals surface area contributed by atoms with Crippen LogP contribution in [0.3, 0.4) is 0 Å². The van der Waals surface area contributed by atoms with E-state index in [-0.39, 0.29) is 0 Å². The third kappa shape index (κ3) is 3.10. The summed E-state index contributed by atoms with van der Waals surface area (Å²) in [6, 6.07) is 16.2. The Morgan fingerprint density at radius 3 is 2.77 bits per heavy atom. The van der Waals surface area contributed by atoms with E-state index in [1.807, 2.05) is 36.4 Å². The number of furan rings is 1. The first kappa shape index (κ1) is 19.0. The molecule has 2 aromatic carbocycles. The molecular formula is C24H21BrN4O. The van der Waals surface area contributed by atoms with Crippen LogP contribution in [0.5, 0.6) is 0 Å². The first-order chi connectivity index (χ1) is 14.6. The molecule has 0 atom stereocenters. The number of benzene rings is 2. The van der Waals surface area contributed by atoms with E-state index in [9.17, 15) is 5.26 Å². The molecule has 30 heavy (non-hydrogen) atoms. The van der Waals surface area contributed by atoms with Gasteiger partial charge in [0.25, 0.3) is 0 Å². The fourth-order valence-electron chi connectivity index (χ4n) is 3.99. The number of halogens is 1. The maximum absolute atomic E-state index is 9.79. The smallest absolute Gasteiger partial charge is 0.151 e. The summed E-state index contributed by atoms with van der Waals surface area (Å²) >= 11 is 3.71. The summed E-state index contributed by atoms with van der Waals surface area (Å²) in [5.41, 5.74) is 11.3. The Morgan fingerprint density at radius 1 is 1.27 bits per heavy atom. The van der Waals surface area contributed by atoms with Gasteiger partial charge in [0.05, 0.1) is 16.7 Å². The summed E-state index contributed by atoms with van der Waals surface area (Å²) in [4.78, 5) is 4.79. The van der Waals surface area contributed by atoms with E-state index < -0.39 is 0 Å². The minimum atomic E-state index is 0.454. The fraction of sp³-hybridized carbons (Fsp3) is 0.250. The van der Waals surface area contributed by atoms with Gasteiger partial charge in [-0.15, -0.1) is 0 Å². The van der Waals surface area contributed by atoms with Crippen molar-refractivity contribution in [1.82, 2.24) is 9.55 Å². The zero-order valence-electron chi connectivity index (χ0n) is 16.7. The van der Waals surface area contributed by atoms with Crippen LogP contribution in [0.15, 0.2) is 51.4 Å². The van der Waals surface area contributed by atoms with Crippen molar-refractivity contribution < 1.29 is 4.42 Å². The van der Waals surface area contributed by atoms with Crippen molar-refractivity contribution in [1.29, 1.82) is 5.26 Å². The minimum Gasteiger partial charge on any atom is -0.455 e. The number of nitrogen functional groups attached to an aromatic ring is 1. The van der Waals surface area contributed by atoms with Crippen LogP contribution >= 0.6 is 15.9 Å². The number of rotatable bonds is 5. The van der Waals surface area contributed by atoms with Crippen LogP contribution in [0.1, 0.15) is 48.5 Å². The summed E-state index contributed by atoms with van der Waals surface area (Å²) in [6.07, 6.45) is 3.07. The molecule has 0 aliphatic heterocycles. The van der Waals surface area contributed by atoms with Crippen molar-refractivity contribution in [2.24, 2.45) is 0 Å². The number of fused-ring (bicyclic) bond motifs is 1. The highest BCUT2D eigenvalue weighted by Gasteiger charge is 2.31. The maximum atomic E-state index is 9.79. The molecule has 1 aliphatic carbocycles. The van der Waals surface area contributed by atoms with Crippen molar-refractivity contribution in [3.05, 3.63) is 69.7 Å². The summed E-state index contributed by atoms with van der Waals surface area (Å²) in [5, 5.41) is 10.8. The number of anilines is 1. The molecule has 2 heterocycles. The van der Waals surface area contributed by atoms with Gasteiger partial charge in [0, 0.05) is 29.0 Å². The predicted octanol–water partition coefficient (Wildman–Crippen LogP) is 6.00. The SMILES string of the molecule is CCc1nc(C2CC2)c([13C]#N)n1Cc1ccc2oc(-c3ccccc3N)c(Br)c2c1. The van der Waals surface area contributed by atoms with Gasteiger partial charge < -0.3 is 14.7 Å². The molecule has 2 N–H and O–H groups in total. The Balaban J connectivity index is 1.56. The van der Waals surface area contributed by atoms with Crippen LogP contribution in [0, 0.1) is 11.3 Å². The van der Waals surface area contributed by atoms with Gasteiger partial charge in [0.15, 0.2) is 5.76 Å². The van der Waals surface area contributed by atoms with Gasteiger partial charge in [0.1, 0.15) is 23.2 Å². The van der Waals surface area contributed by atoms with Crippen molar-refractivity contribution >= 4 is 32.6 Å². The number of nitrogens with zero attached hydrogens (tertiary/aromatic N) is 3. The summed E-state index contributed by atoms with van der Waals surface area (Å²) < 4.78 is 9.06.